The minimum atomic E-state index is -3.86. The fraction of sp³-hybridized carbons (Fsp3) is 0.381. The molecule has 1 atom stereocenters. The number of carbonyl (C=O) groups is 1. The van der Waals surface area contributed by atoms with E-state index in [4.69, 9.17) is 4.74 Å². The molecule has 2 aromatic carbocycles. The maximum Gasteiger partial charge on any atom is 0.241 e. The molecule has 0 unspecified atom stereocenters. The molecular weight excluding hydrogens is 376 g/mol. The summed E-state index contributed by atoms with van der Waals surface area (Å²) in [5.41, 5.74) is 1.62. The van der Waals surface area contributed by atoms with E-state index in [-0.39, 0.29) is 23.3 Å². The Balaban J connectivity index is 1.81. The van der Waals surface area contributed by atoms with Gasteiger partial charge in [0.2, 0.25) is 15.9 Å². The molecule has 0 saturated heterocycles. The third-order valence-electron chi connectivity index (χ3n) is 4.58. The summed E-state index contributed by atoms with van der Waals surface area (Å²) in [6.07, 6.45) is 2.16. The van der Waals surface area contributed by atoms with Crippen molar-refractivity contribution in [2.24, 2.45) is 0 Å². The first-order chi connectivity index (χ1) is 13.4. The van der Waals surface area contributed by atoms with E-state index in [1.165, 1.54) is 6.07 Å². The number of hydrogen-bond acceptors (Lipinski definition) is 4. The minimum absolute atomic E-state index is 0.116. The smallest absolute Gasteiger partial charge is 0.241 e. The van der Waals surface area contributed by atoms with E-state index in [1.807, 2.05) is 37.3 Å². The van der Waals surface area contributed by atoms with Crippen molar-refractivity contribution < 1.29 is 17.9 Å². The van der Waals surface area contributed by atoms with Gasteiger partial charge < -0.3 is 10.1 Å². The third kappa shape index (κ3) is 5.33. The molecule has 1 fully saturated rings. The number of aryl methyl sites for hydroxylation is 1. The predicted molar refractivity (Wildman–Crippen MR) is 108 cm³/mol. The first kappa shape index (κ1) is 20.4. The van der Waals surface area contributed by atoms with Crippen molar-refractivity contribution in [3.8, 4) is 5.75 Å². The Bertz CT molecular complexity index is 925. The fourth-order valence-corrected chi connectivity index (χ4v) is 4.21. The number of nitrogens with one attached hydrogen (secondary N) is 2. The van der Waals surface area contributed by atoms with Gasteiger partial charge in [0.1, 0.15) is 11.8 Å². The van der Waals surface area contributed by atoms with Gasteiger partial charge in [-0.3, -0.25) is 4.79 Å². The molecular formula is C21H26N2O4S. The van der Waals surface area contributed by atoms with Crippen LogP contribution >= 0.6 is 0 Å². The molecule has 150 valence electrons. The van der Waals surface area contributed by atoms with Gasteiger partial charge >= 0.3 is 0 Å². The fourth-order valence-electron chi connectivity index (χ4n) is 2.93. The second-order valence-corrected chi connectivity index (χ2v) is 8.72. The van der Waals surface area contributed by atoms with Crippen molar-refractivity contribution in [1.29, 1.82) is 0 Å². The number of sulfonamides is 1. The van der Waals surface area contributed by atoms with Crippen molar-refractivity contribution in [3.63, 3.8) is 0 Å². The summed E-state index contributed by atoms with van der Waals surface area (Å²) in [7, 11) is -3.86. The van der Waals surface area contributed by atoms with Gasteiger partial charge in [-0.1, -0.05) is 30.3 Å². The highest BCUT2D eigenvalue weighted by molar-refractivity contribution is 7.89. The van der Waals surface area contributed by atoms with Crippen LogP contribution < -0.4 is 14.8 Å². The van der Waals surface area contributed by atoms with Crippen LogP contribution in [0.5, 0.6) is 5.75 Å². The summed E-state index contributed by atoms with van der Waals surface area (Å²) in [6, 6.07) is 13.4. The van der Waals surface area contributed by atoms with Crippen LogP contribution in [-0.2, 0) is 21.2 Å². The number of hydrogen-bond donors (Lipinski definition) is 2. The second kappa shape index (κ2) is 8.75. The van der Waals surface area contributed by atoms with Gasteiger partial charge in [-0.15, -0.1) is 0 Å². The second-order valence-electron chi connectivity index (χ2n) is 7.01. The van der Waals surface area contributed by atoms with Gasteiger partial charge in [-0.25, -0.2) is 8.42 Å². The molecule has 3 rings (SSSR count). The van der Waals surface area contributed by atoms with Crippen LogP contribution in [0.2, 0.25) is 0 Å². The van der Waals surface area contributed by atoms with Gasteiger partial charge in [0.25, 0.3) is 0 Å². The van der Waals surface area contributed by atoms with E-state index in [9.17, 15) is 13.2 Å². The topological polar surface area (TPSA) is 84.5 Å². The van der Waals surface area contributed by atoms with Crippen LogP contribution in [-0.4, -0.2) is 33.0 Å². The van der Waals surface area contributed by atoms with Crippen molar-refractivity contribution in [3.05, 3.63) is 59.7 Å². The van der Waals surface area contributed by atoms with Gasteiger partial charge in [0.05, 0.1) is 11.5 Å². The Hall–Kier alpha value is -2.38. The maximum absolute atomic E-state index is 12.9. The van der Waals surface area contributed by atoms with E-state index >= 15 is 0 Å². The minimum Gasteiger partial charge on any atom is -0.494 e. The molecule has 6 nitrogen and oxygen atoms in total. The van der Waals surface area contributed by atoms with Crippen molar-refractivity contribution >= 4 is 15.9 Å². The van der Waals surface area contributed by atoms with Crippen molar-refractivity contribution in [1.82, 2.24) is 10.0 Å². The molecule has 0 spiro atoms. The van der Waals surface area contributed by atoms with Gasteiger partial charge in [0, 0.05) is 6.04 Å². The zero-order valence-electron chi connectivity index (χ0n) is 16.1. The van der Waals surface area contributed by atoms with Gasteiger partial charge in [-0.2, -0.15) is 4.72 Å². The lowest BCUT2D eigenvalue weighted by Crippen LogP contribution is -2.48. The Labute approximate surface area is 166 Å². The van der Waals surface area contributed by atoms with Crippen LogP contribution in [0.4, 0.5) is 0 Å². The number of rotatable bonds is 9. The number of carbonyl (C=O) groups excluding carboxylic acids is 1. The van der Waals surface area contributed by atoms with E-state index in [0.717, 1.165) is 24.0 Å². The number of benzene rings is 2. The molecule has 0 bridgehead atoms. The van der Waals surface area contributed by atoms with Crippen LogP contribution in [0.25, 0.3) is 0 Å². The van der Waals surface area contributed by atoms with E-state index in [0.29, 0.717) is 12.4 Å². The van der Waals surface area contributed by atoms with Crippen LogP contribution in [0.1, 0.15) is 30.9 Å². The van der Waals surface area contributed by atoms with Gasteiger partial charge in [0.15, 0.2) is 0 Å². The average Bonchev–Trinajstić information content (AvgIpc) is 3.47. The lowest BCUT2D eigenvalue weighted by molar-refractivity contribution is -0.122. The van der Waals surface area contributed by atoms with Crippen LogP contribution in [0, 0.1) is 6.92 Å². The molecule has 1 aliphatic rings. The summed E-state index contributed by atoms with van der Waals surface area (Å²) in [5, 5.41) is 2.90. The Morgan fingerprint density at radius 3 is 2.50 bits per heavy atom. The quantitative estimate of drug-likeness (QED) is 0.675. The molecule has 7 heteroatoms. The first-order valence-corrected chi connectivity index (χ1v) is 11.0. The maximum atomic E-state index is 12.9. The molecule has 0 radical (unpaired) electrons. The number of amides is 1. The Morgan fingerprint density at radius 1 is 1.18 bits per heavy atom. The predicted octanol–water partition coefficient (Wildman–Crippen LogP) is 2.56. The van der Waals surface area contributed by atoms with Gasteiger partial charge in [-0.05, 0) is 62.4 Å². The van der Waals surface area contributed by atoms with Crippen LogP contribution in [0.3, 0.4) is 0 Å². The highest BCUT2D eigenvalue weighted by Gasteiger charge is 2.30. The monoisotopic (exact) mass is 402 g/mol. The standard InChI is InChI=1S/C21H26N2O4S/c1-3-27-20-12-11-18(13-15(20)2)28(25,26)23-19(21(24)22-17-9-10-17)14-16-7-5-4-6-8-16/h4-8,11-13,17,19,23H,3,9-10,14H2,1-2H3,(H,22,24)/t19-/m0/s1. The normalized spacial score (nSPS) is 15.1. The third-order valence-corrected chi connectivity index (χ3v) is 6.05. The van der Waals surface area contributed by atoms with Crippen LogP contribution in [0.15, 0.2) is 53.4 Å². The zero-order valence-corrected chi connectivity index (χ0v) is 17.0. The Kier molecular flexibility index (Phi) is 6.36. The molecule has 1 amide bonds. The van der Waals surface area contributed by atoms with Crippen molar-refractivity contribution in [2.75, 3.05) is 6.61 Å². The summed E-state index contributed by atoms with van der Waals surface area (Å²) >= 11 is 0. The van der Waals surface area contributed by atoms with E-state index < -0.39 is 16.1 Å². The lowest BCUT2D eigenvalue weighted by atomic mass is 10.1. The average molecular weight is 403 g/mol. The Morgan fingerprint density at radius 2 is 1.89 bits per heavy atom. The van der Waals surface area contributed by atoms with Crippen molar-refractivity contribution in [2.45, 2.75) is 50.1 Å². The summed E-state index contributed by atoms with van der Waals surface area (Å²) in [5.74, 6) is 0.353. The number of ether oxygens (including phenoxy) is 1. The molecule has 1 saturated carbocycles. The summed E-state index contributed by atoms with van der Waals surface area (Å²) < 4.78 is 33.9. The molecule has 0 heterocycles. The SMILES string of the molecule is CCOc1ccc(S(=O)(=O)N[C@@H](Cc2ccccc2)C(=O)NC2CC2)cc1C. The molecule has 2 aromatic rings. The summed E-state index contributed by atoms with van der Waals surface area (Å²) in [4.78, 5) is 12.8. The molecule has 0 aliphatic heterocycles. The molecule has 2 N–H and O–H groups in total. The molecule has 1 aliphatic carbocycles. The van der Waals surface area contributed by atoms with E-state index in [1.54, 1.807) is 19.1 Å². The highest BCUT2D eigenvalue weighted by Crippen LogP contribution is 2.23. The van der Waals surface area contributed by atoms with E-state index in [2.05, 4.69) is 10.0 Å². The summed E-state index contributed by atoms with van der Waals surface area (Å²) in [6.45, 7) is 4.18. The zero-order chi connectivity index (χ0) is 20.1. The highest BCUT2D eigenvalue weighted by atomic mass is 32.2. The first-order valence-electron chi connectivity index (χ1n) is 9.49. The largest absolute Gasteiger partial charge is 0.494 e. The molecule has 28 heavy (non-hydrogen) atoms. The molecule has 0 aromatic heterocycles. The lowest BCUT2D eigenvalue weighted by Gasteiger charge is -2.19.